The molecule has 0 aromatic heterocycles. The molecule has 3 atom stereocenters. The Morgan fingerprint density at radius 2 is 2.00 bits per heavy atom. The SMILES string of the molecule is C[C@@H]1[C@H](C)CCC[C@@H]1N(C)S(=O)(=O)c1ccc2c(c1)NC(=O)CS2. The topological polar surface area (TPSA) is 66.5 Å². The summed E-state index contributed by atoms with van der Waals surface area (Å²) in [6.45, 7) is 4.34. The lowest BCUT2D eigenvalue weighted by atomic mass is 9.78. The number of thioether (sulfide) groups is 1. The van der Waals surface area contributed by atoms with Crippen molar-refractivity contribution < 1.29 is 13.2 Å². The molecule has 0 saturated heterocycles. The molecule has 1 fully saturated rings. The van der Waals surface area contributed by atoms with Crippen LogP contribution in [0.1, 0.15) is 33.1 Å². The minimum absolute atomic E-state index is 0.0266. The second-order valence-electron chi connectivity index (χ2n) is 6.85. The zero-order valence-electron chi connectivity index (χ0n) is 14.3. The molecule has 2 aliphatic rings. The van der Waals surface area contributed by atoms with Crippen LogP contribution >= 0.6 is 11.8 Å². The van der Waals surface area contributed by atoms with E-state index in [4.69, 9.17) is 0 Å². The maximum atomic E-state index is 13.1. The molecule has 24 heavy (non-hydrogen) atoms. The highest BCUT2D eigenvalue weighted by molar-refractivity contribution is 8.00. The van der Waals surface area contributed by atoms with Crippen molar-refractivity contribution in [1.29, 1.82) is 0 Å². The first-order chi connectivity index (χ1) is 11.3. The average Bonchev–Trinajstić information content (AvgIpc) is 2.56. The van der Waals surface area contributed by atoms with Gasteiger partial charge in [-0.05, 0) is 36.5 Å². The van der Waals surface area contributed by atoms with Gasteiger partial charge in [0.2, 0.25) is 15.9 Å². The molecule has 1 aromatic carbocycles. The van der Waals surface area contributed by atoms with Gasteiger partial charge in [0.1, 0.15) is 0 Å². The van der Waals surface area contributed by atoms with E-state index in [2.05, 4.69) is 19.2 Å². The van der Waals surface area contributed by atoms with Crippen LogP contribution in [-0.2, 0) is 14.8 Å². The van der Waals surface area contributed by atoms with E-state index in [9.17, 15) is 13.2 Å². The molecule has 132 valence electrons. The van der Waals surface area contributed by atoms with Crippen molar-refractivity contribution in [1.82, 2.24) is 4.31 Å². The summed E-state index contributed by atoms with van der Waals surface area (Å²) in [5, 5.41) is 2.76. The van der Waals surface area contributed by atoms with Crippen LogP contribution in [0.15, 0.2) is 28.0 Å². The first kappa shape index (κ1) is 17.8. The van der Waals surface area contributed by atoms with Gasteiger partial charge in [-0.3, -0.25) is 4.79 Å². The van der Waals surface area contributed by atoms with Crippen LogP contribution in [0, 0.1) is 11.8 Å². The summed E-state index contributed by atoms with van der Waals surface area (Å²) in [6, 6.07) is 5.04. The largest absolute Gasteiger partial charge is 0.324 e. The first-order valence-corrected chi connectivity index (χ1v) is 10.8. The standard InChI is InChI=1S/C17H24N2O3S2/c1-11-5-4-6-15(12(11)2)19(3)24(21,22)13-7-8-16-14(9-13)18-17(20)10-23-16/h7-9,11-12,15H,4-6,10H2,1-3H3,(H,18,20)/t11-,12-,15+/m1/s1. The minimum Gasteiger partial charge on any atom is -0.324 e. The second-order valence-corrected chi connectivity index (χ2v) is 9.87. The lowest BCUT2D eigenvalue weighted by molar-refractivity contribution is -0.113. The third kappa shape index (κ3) is 3.21. The van der Waals surface area contributed by atoms with E-state index in [0.29, 0.717) is 23.3 Å². The molecular weight excluding hydrogens is 344 g/mol. The Balaban J connectivity index is 1.90. The van der Waals surface area contributed by atoms with Gasteiger partial charge in [-0.15, -0.1) is 11.8 Å². The molecular formula is C17H24N2O3S2. The second kappa shape index (κ2) is 6.69. The van der Waals surface area contributed by atoms with E-state index in [1.807, 2.05) is 0 Å². The molecule has 1 aliphatic carbocycles. The minimum atomic E-state index is -3.57. The Hall–Kier alpha value is -1.05. The van der Waals surface area contributed by atoms with Gasteiger partial charge in [-0.25, -0.2) is 8.42 Å². The summed E-state index contributed by atoms with van der Waals surface area (Å²) in [5.41, 5.74) is 0.593. The van der Waals surface area contributed by atoms with Crippen LogP contribution in [0.2, 0.25) is 0 Å². The number of rotatable bonds is 3. The van der Waals surface area contributed by atoms with Crippen molar-refractivity contribution in [2.24, 2.45) is 11.8 Å². The fourth-order valence-electron chi connectivity index (χ4n) is 3.63. The van der Waals surface area contributed by atoms with Gasteiger partial charge in [-0.2, -0.15) is 4.31 Å². The highest BCUT2D eigenvalue weighted by Gasteiger charge is 2.36. The highest BCUT2D eigenvalue weighted by atomic mass is 32.2. The number of hydrogen-bond donors (Lipinski definition) is 1. The Labute approximate surface area is 148 Å². The van der Waals surface area contributed by atoms with Crippen molar-refractivity contribution in [2.75, 3.05) is 18.1 Å². The van der Waals surface area contributed by atoms with Crippen molar-refractivity contribution in [3.8, 4) is 0 Å². The highest BCUT2D eigenvalue weighted by Crippen LogP contribution is 2.37. The average molecular weight is 369 g/mol. The molecule has 1 aromatic rings. The normalized spacial score (nSPS) is 27.7. The summed E-state index contributed by atoms with van der Waals surface area (Å²) >= 11 is 1.43. The molecule has 1 amide bonds. The number of benzene rings is 1. The van der Waals surface area contributed by atoms with E-state index in [1.54, 1.807) is 25.2 Å². The lowest BCUT2D eigenvalue weighted by Gasteiger charge is -2.39. The number of carbonyl (C=O) groups excluding carboxylic acids is 1. The van der Waals surface area contributed by atoms with E-state index in [1.165, 1.54) is 16.1 Å². The molecule has 1 aliphatic heterocycles. The van der Waals surface area contributed by atoms with Crippen LogP contribution < -0.4 is 5.32 Å². The number of nitrogens with one attached hydrogen (secondary N) is 1. The van der Waals surface area contributed by atoms with E-state index in [0.717, 1.165) is 24.2 Å². The van der Waals surface area contributed by atoms with Gasteiger partial charge in [0.25, 0.3) is 0 Å². The third-order valence-corrected chi connectivity index (χ3v) is 8.34. The molecule has 0 radical (unpaired) electrons. The molecule has 5 nitrogen and oxygen atoms in total. The van der Waals surface area contributed by atoms with Crippen molar-refractivity contribution >= 4 is 33.4 Å². The molecule has 1 N–H and O–H groups in total. The maximum Gasteiger partial charge on any atom is 0.243 e. The van der Waals surface area contributed by atoms with Crippen molar-refractivity contribution in [3.05, 3.63) is 18.2 Å². The van der Waals surface area contributed by atoms with Crippen LogP contribution in [0.5, 0.6) is 0 Å². The third-order valence-electron chi connectivity index (χ3n) is 5.39. The lowest BCUT2D eigenvalue weighted by Crippen LogP contribution is -2.44. The number of amides is 1. The predicted octanol–water partition coefficient (Wildman–Crippen LogP) is 3.18. The smallest absolute Gasteiger partial charge is 0.243 e. The monoisotopic (exact) mass is 368 g/mol. The number of sulfonamides is 1. The molecule has 0 spiro atoms. The molecule has 1 heterocycles. The number of carbonyl (C=O) groups is 1. The van der Waals surface area contributed by atoms with Crippen molar-refractivity contribution in [2.45, 2.75) is 48.9 Å². The summed E-state index contributed by atoms with van der Waals surface area (Å²) in [7, 11) is -1.89. The zero-order valence-corrected chi connectivity index (χ0v) is 15.9. The Morgan fingerprint density at radius 3 is 2.75 bits per heavy atom. The van der Waals surface area contributed by atoms with Crippen LogP contribution in [0.4, 0.5) is 5.69 Å². The van der Waals surface area contributed by atoms with Crippen molar-refractivity contribution in [3.63, 3.8) is 0 Å². The van der Waals surface area contributed by atoms with Crippen LogP contribution in [-0.4, -0.2) is 37.5 Å². The molecule has 7 heteroatoms. The number of hydrogen-bond acceptors (Lipinski definition) is 4. The zero-order chi connectivity index (χ0) is 17.5. The summed E-state index contributed by atoms with van der Waals surface area (Å²) in [5.74, 6) is 1.15. The number of nitrogens with zero attached hydrogens (tertiary/aromatic N) is 1. The van der Waals surface area contributed by atoms with E-state index >= 15 is 0 Å². The van der Waals surface area contributed by atoms with Gasteiger partial charge in [0.05, 0.1) is 16.3 Å². The molecule has 0 unspecified atom stereocenters. The summed E-state index contributed by atoms with van der Waals surface area (Å²) in [6.07, 6.45) is 3.12. The predicted molar refractivity (Wildman–Crippen MR) is 96.7 cm³/mol. The van der Waals surface area contributed by atoms with Gasteiger partial charge < -0.3 is 5.32 Å². The van der Waals surface area contributed by atoms with E-state index in [-0.39, 0.29) is 16.8 Å². The maximum absolute atomic E-state index is 13.1. The number of anilines is 1. The Morgan fingerprint density at radius 1 is 1.25 bits per heavy atom. The van der Waals surface area contributed by atoms with Gasteiger partial charge >= 0.3 is 0 Å². The van der Waals surface area contributed by atoms with Crippen LogP contribution in [0.25, 0.3) is 0 Å². The molecule has 0 bridgehead atoms. The van der Waals surface area contributed by atoms with Gasteiger partial charge in [0.15, 0.2) is 0 Å². The van der Waals surface area contributed by atoms with Gasteiger partial charge in [0, 0.05) is 18.0 Å². The summed E-state index contributed by atoms with van der Waals surface area (Å²) in [4.78, 5) is 12.7. The quantitative estimate of drug-likeness (QED) is 0.890. The summed E-state index contributed by atoms with van der Waals surface area (Å²) < 4.78 is 27.6. The number of fused-ring (bicyclic) bond motifs is 1. The van der Waals surface area contributed by atoms with E-state index < -0.39 is 10.0 Å². The molecule has 3 rings (SSSR count). The fraction of sp³-hybridized carbons (Fsp3) is 0.588. The Kier molecular flexibility index (Phi) is 4.95. The van der Waals surface area contributed by atoms with Crippen LogP contribution in [0.3, 0.4) is 0 Å². The fourth-order valence-corrected chi connectivity index (χ4v) is 5.92. The van der Waals surface area contributed by atoms with Gasteiger partial charge in [-0.1, -0.05) is 26.7 Å². The molecule has 1 saturated carbocycles. The Bertz CT molecular complexity index is 748. The first-order valence-electron chi connectivity index (χ1n) is 8.35.